The highest BCUT2D eigenvalue weighted by Crippen LogP contribution is 2.22. The molecule has 1 aromatic heterocycles. The second-order valence-electron chi connectivity index (χ2n) is 3.26. The molecular formula is C7H11N5OS. The number of likely N-dealkylation sites (tertiary alicyclic amines) is 1. The third kappa shape index (κ3) is 1.55. The molecule has 4 N–H and O–H groups in total. The molecule has 1 aliphatic heterocycles. The van der Waals surface area contributed by atoms with Crippen molar-refractivity contribution < 1.29 is 4.79 Å². The fraction of sp³-hybridized carbons (Fsp3) is 0.571. The highest BCUT2D eigenvalue weighted by molar-refractivity contribution is 7.09. The molecule has 1 atom stereocenters. The molecule has 0 spiro atoms. The van der Waals surface area contributed by atoms with Gasteiger partial charge in [0.2, 0.25) is 5.91 Å². The fourth-order valence-electron chi connectivity index (χ4n) is 1.47. The summed E-state index contributed by atoms with van der Waals surface area (Å²) < 4.78 is 3.73. The summed E-state index contributed by atoms with van der Waals surface area (Å²) in [5, 5.41) is 4.49. The summed E-state index contributed by atoms with van der Waals surface area (Å²) in [6.45, 7) is 1.43. The van der Waals surface area contributed by atoms with Gasteiger partial charge in [0.1, 0.15) is 10.7 Å². The average Bonchev–Trinajstić information content (AvgIpc) is 2.44. The van der Waals surface area contributed by atoms with Crippen LogP contribution in [0.15, 0.2) is 0 Å². The standard InChI is InChI=1S/C7H11N5OS/c8-6(13)5-1-2-12(5)3-4-7(9)14-11-10-4/h5H,1-3,9H2,(H2,8,13). The van der Waals surface area contributed by atoms with Crippen molar-refractivity contribution in [2.24, 2.45) is 5.73 Å². The Morgan fingerprint density at radius 2 is 2.50 bits per heavy atom. The van der Waals surface area contributed by atoms with E-state index in [0.717, 1.165) is 30.2 Å². The molecule has 2 heterocycles. The Balaban J connectivity index is 1.99. The van der Waals surface area contributed by atoms with E-state index >= 15 is 0 Å². The first-order chi connectivity index (χ1) is 6.68. The molecule has 1 fully saturated rings. The average molecular weight is 213 g/mol. The molecule has 1 aliphatic rings. The number of hydrogen-bond acceptors (Lipinski definition) is 6. The minimum absolute atomic E-state index is 0.156. The smallest absolute Gasteiger partial charge is 0.234 e. The summed E-state index contributed by atoms with van der Waals surface area (Å²) in [5.74, 6) is -0.280. The third-order valence-electron chi connectivity index (χ3n) is 2.40. The van der Waals surface area contributed by atoms with Crippen molar-refractivity contribution in [1.29, 1.82) is 0 Å². The first kappa shape index (κ1) is 9.35. The number of carbonyl (C=O) groups excluding carboxylic acids is 1. The maximum absolute atomic E-state index is 10.9. The maximum Gasteiger partial charge on any atom is 0.234 e. The van der Waals surface area contributed by atoms with Gasteiger partial charge in [0.25, 0.3) is 0 Å². The van der Waals surface area contributed by atoms with Crippen LogP contribution in [0.2, 0.25) is 0 Å². The van der Waals surface area contributed by atoms with E-state index in [0.29, 0.717) is 11.5 Å². The number of primary amides is 1. The van der Waals surface area contributed by atoms with Gasteiger partial charge >= 0.3 is 0 Å². The zero-order valence-electron chi connectivity index (χ0n) is 7.51. The molecule has 7 heteroatoms. The Kier molecular flexibility index (Phi) is 2.34. The molecule has 1 amide bonds. The van der Waals surface area contributed by atoms with Gasteiger partial charge in [0.05, 0.1) is 6.04 Å². The normalized spacial score (nSPS) is 21.9. The molecule has 0 bridgehead atoms. The molecule has 0 radical (unpaired) electrons. The van der Waals surface area contributed by atoms with Crippen LogP contribution in [0.1, 0.15) is 12.1 Å². The van der Waals surface area contributed by atoms with Crippen molar-refractivity contribution in [3.05, 3.63) is 5.69 Å². The van der Waals surface area contributed by atoms with Gasteiger partial charge in [-0.05, 0) is 6.42 Å². The van der Waals surface area contributed by atoms with Crippen molar-refractivity contribution in [2.75, 3.05) is 12.3 Å². The molecule has 1 unspecified atom stereocenters. The van der Waals surface area contributed by atoms with Crippen LogP contribution < -0.4 is 11.5 Å². The van der Waals surface area contributed by atoms with Crippen molar-refractivity contribution in [2.45, 2.75) is 19.0 Å². The van der Waals surface area contributed by atoms with Gasteiger partial charge in [0.15, 0.2) is 0 Å². The van der Waals surface area contributed by atoms with Crippen LogP contribution >= 0.6 is 11.5 Å². The number of rotatable bonds is 3. The number of nitrogens with two attached hydrogens (primary N) is 2. The number of aromatic nitrogens is 2. The van der Waals surface area contributed by atoms with Crippen molar-refractivity contribution in [1.82, 2.24) is 14.5 Å². The molecule has 14 heavy (non-hydrogen) atoms. The van der Waals surface area contributed by atoms with Crippen molar-refractivity contribution in [3.63, 3.8) is 0 Å². The number of nitrogen functional groups attached to an aromatic ring is 1. The van der Waals surface area contributed by atoms with Crippen LogP contribution in [0.25, 0.3) is 0 Å². The minimum Gasteiger partial charge on any atom is -0.388 e. The lowest BCUT2D eigenvalue weighted by atomic mass is 10.0. The summed E-state index contributed by atoms with van der Waals surface area (Å²) in [6.07, 6.45) is 0.826. The van der Waals surface area contributed by atoms with E-state index in [-0.39, 0.29) is 11.9 Å². The zero-order valence-corrected chi connectivity index (χ0v) is 8.33. The van der Waals surface area contributed by atoms with Crippen LogP contribution in [0.5, 0.6) is 0 Å². The second kappa shape index (κ2) is 3.50. The van der Waals surface area contributed by atoms with Gasteiger partial charge in [-0.3, -0.25) is 9.69 Å². The van der Waals surface area contributed by atoms with Crippen LogP contribution in [0, 0.1) is 0 Å². The summed E-state index contributed by atoms with van der Waals surface area (Å²) >= 11 is 1.16. The number of nitrogens with zero attached hydrogens (tertiary/aromatic N) is 3. The van der Waals surface area contributed by atoms with E-state index < -0.39 is 0 Å². The first-order valence-electron chi connectivity index (χ1n) is 4.28. The van der Waals surface area contributed by atoms with Gasteiger partial charge in [-0.25, -0.2) is 0 Å². The molecular weight excluding hydrogens is 202 g/mol. The number of amides is 1. The SMILES string of the molecule is NC(=O)C1CCN1Cc1nnsc1N. The lowest BCUT2D eigenvalue weighted by Gasteiger charge is -2.38. The molecule has 1 aromatic rings. The quantitative estimate of drug-likeness (QED) is 0.683. The van der Waals surface area contributed by atoms with Crippen LogP contribution in [0.4, 0.5) is 5.00 Å². The largest absolute Gasteiger partial charge is 0.388 e. The first-order valence-corrected chi connectivity index (χ1v) is 5.06. The molecule has 0 aromatic carbocycles. The lowest BCUT2D eigenvalue weighted by Crippen LogP contribution is -2.54. The van der Waals surface area contributed by atoms with E-state index in [1.807, 2.05) is 4.90 Å². The third-order valence-corrected chi connectivity index (χ3v) is 2.99. The van der Waals surface area contributed by atoms with E-state index in [2.05, 4.69) is 9.59 Å². The van der Waals surface area contributed by atoms with Gasteiger partial charge in [-0.2, -0.15) is 0 Å². The van der Waals surface area contributed by atoms with Gasteiger partial charge < -0.3 is 11.5 Å². The molecule has 1 saturated heterocycles. The zero-order chi connectivity index (χ0) is 10.1. The predicted octanol–water partition coefficient (Wildman–Crippen LogP) is -0.820. The summed E-state index contributed by atoms with van der Waals surface area (Å²) in [6, 6.07) is -0.156. The molecule has 2 rings (SSSR count). The summed E-state index contributed by atoms with van der Waals surface area (Å²) in [4.78, 5) is 12.9. The number of anilines is 1. The van der Waals surface area contributed by atoms with E-state index in [9.17, 15) is 4.79 Å². The number of hydrogen-bond donors (Lipinski definition) is 2. The Morgan fingerprint density at radius 1 is 1.71 bits per heavy atom. The monoisotopic (exact) mass is 213 g/mol. The molecule has 0 aliphatic carbocycles. The van der Waals surface area contributed by atoms with Gasteiger partial charge in [-0.15, -0.1) is 5.10 Å². The second-order valence-corrected chi connectivity index (χ2v) is 4.05. The van der Waals surface area contributed by atoms with Gasteiger partial charge in [0, 0.05) is 24.6 Å². The minimum atomic E-state index is -0.280. The van der Waals surface area contributed by atoms with E-state index in [4.69, 9.17) is 11.5 Å². The topological polar surface area (TPSA) is 98.1 Å². The maximum atomic E-state index is 10.9. The molecule has 76 valence electrons. The van der Waals surface area contributed by atoms with Crippen molar-refractivity contribution >= 4 is 22.4 Å². The van der Waals surface area contributed by atoms with Crippen LogP contribution in [-0.4, -0.2) is 33.0 Å². The molecule has 6 nitrogen and oxygen atoms in total. The van der Waals surface area contributed by atoms with Crippen LogP contribution in [0.3, 0.4) is 0 Å². The van der Waals surface area contributed by atoms with Gasteiger partial charge in [-0.1, -0.05) is 4.49 Å². The summed E-state index contributed by atoms with van der Waals surface area (Å²) in [7, 11) is 0. The highest BCUT2D eigenvalue weighted by atomic mass is 32.1. The van der Waals surface area contributed by atoms with E-state index in [1.54, 1.807) is 0 Å². The Morgan fingerprint density at radius 3 is 2.93 bits per heavy atom. The van der Waals surface area contributed by atoms with Crippen LogP contribution in [-0.2, 0) is 11.3 Å². The Labute approximate surface area is 85.0 Å². The number of carbonyl (C=O) groups is 1. The summed E-state index contributed by atoms with van der Waals surface area (Å²) in [5.41, 5.74) is 11.6. The highest BCUT2D eigenvalue weighted by Gasteiger charge is 2.33. The predicted molar refractivity (Wildman–Crippen MR) is 52.3 cm³/mol. The Bertz CT molecular complexity index is 352. The fourth-order valence-corrected chi connectivity index (χ4v) is 1.91. The van der Waals surface area contributed by atoms with E-state index in [1.165, 1.54) is 0 Å². The lowest BCUT2D eigenvalue weighted by molar-refractivity contribution is -0.127. The molecule has 0 saturated carbocycles. The Hall–Kier alpha value is -1.21. The van der Waals surface area contributed by atoms with Crippen molar-refractivity contribution in [3.8, 4) is 0 Å².